The van der Waals surface area contributed by atoms with Crippen LogP contribution in [0.3, 0.4) is 0 Å². The summed E-state index contributed by atoms with van der Waals surface area (Å²) >= 11 is 0. The van der Waals surface area contributed by atoms with E-state index in [-0.39, 0.29) is 37.1 Å². The first-order valence-corrected chi connectivity index (χ1v) is 16.8. The van der Waals surface area contributed by atoms with Crippen molar-refractivity contribution in [2.24, 2.45) is 23.7 Å². The first kappa shape index (κ1) is 45.7. The molecule has 0 radical (unpaired) electrons. The third-order valence-corrected chi connectivity index (χ3v) is 7.77. The Hall–Kier alpha value is -4.32. The van der Waals surface area contributed by atoms with E-state index in [9.17, 15) is 53.7 Å². The van der Waals surface area contributed by atoms with Crippen LogP contribution in [-0.4, -0.2) is 112 Å². The molecule has 0 saturated heterocycles. The second kappa shape index (κ2) is 22.4. The Bertz CT molecular complexity index is 1200. The number of amides is 6. The lowest BCUT2D eigenvalue weighted by Crippen LogP contribution is -2.63. The van der Waals surface area contributed by atoms with Crippen molar-refractivity contribution in [3.05, 3.63) is 0 Å². The zero-order valence-electron chi connectivity index (χ0n) is 30.3. The highest BCUT2D eigenvalue weighted by Gasteiger charge is 2.36. The Labute approximate surface area is 292 Å². The van der Waals surface area contributed by atoms with Gasteiger partial charge in [0.1, 0.15) is 36.3 Å². The molecule has 0 aliphatic carbocycles. The average molecular weight is 717 g/mol. The van der Waals surface area contributed by atoms with Crippen LogP contribution in [0.15, 0.2) is 0 Å². The number of hydrogen-bond donors (Lipinski definition) is 10. The van der Waals surface area contributed by atoms with Gasteiger partial charge in [0.25, 0.3) is 5.91 Å². The molecule has 0 aliphatic heterocycles. The van der Waals surface area contributed by atoms with Gasteiger partial charge in [-0.25, -0.2) is 4.79 Å². The lowest BCUT2D eigenvalue weighted by molar-refractivity contribution is -0.355. The number of aliphatic hydroxyl groups excluding tert-OH is 1. The molecule has 0 spiro atoms. The number of aliphatic carboxylic acids is 2. The number of carbonyl (C=O) groups is 8. The van der Waals surface area contributed by atoms with Gasteiger partial charge >= 0.3 is 11.9 Å². The molecule has 0 rings (SSSR count). The number of nitrogens with one attached hydrogen (secondary N) is 6. The summed E-state index contributed by atoms with van der Waals surface area (Å²) in [5.74, 6) is -8.90. The van der Waals surface area contributed by atoms with Crippen LogP contribution in [0.4, 0.5) is 0 Å². The summed E-state index contributed by atoms with van der Waals surface area (Å²) in [7, 11) is 0. The Morgan fingerprint density at radius 2 is 1.02 bits per heavy atom. The predicted octanol–water partition coefficient (Wildman–Crippen LogP) is -2.52. The van der Waals surface area contributed by atoms with E-state index in [2.05, 4.69) is 37.6 Å². The lowest BCUT2D eigenvalue weighted by Gasteiger charge is -2.29. The molecule has 18 heteroatoms. The van der Waals surface area contributed by atoms with Crippen molar-refractivity contribution in [1.29, 1.82) is 0 Å². The number of carboxylic acids is 2. The molecule has 0 aromatic heterocycles. The van der Waals surface area contributed by atoms with Crippen molar-refractivity contribution < 1.29 is 59.4 Å². The summed E-state index contributed by atoms with van der Waals surface area (Å²) in [5, 5.41) is 43.5. The van der Waals surface area contributed by atoms with Crippen LogP contribution in [0.2, 0.25) is 0 Å². The van der Waals surface area contributed by atoms with Gasteiger partial charge in [0.15, 0.2) is 6.54 Å². The summed E-state index contributed by atoms with van der Waals surface area (Å²) in [6.07, 6.45) is -0.395. The second-order valence-electron chi connectivity index (χ2n) is 13.5. The van der Waals surface area contributed by atoms with E-state index in [4.69, 9.17) is 0 Å². The summed E-state index contributed by atoms with van der Waals surface area (Å²) in [6.45, 7) is 12.8. The van der Waals surface area contributed by atoms with Gasteiger partial charge in [-0.1, -0.05) is 61.8 Å². The number of hydrogen-bond acceptors (Lipinski definition) is 9. The Morgan fingerprint density at radius 1 is 0.580 bits per heavy atom. The molecule has 0 aromatic carbocycles. The number of carboxylic acid groups (broad SMARTS) is 2. The van der Waals surface area contributed by atoms with Crippen molar-refractivity contribution in [2.45, 2.75) is 117 Å². The Kier molecular flexibility index (Phi) is 20.5. The van der Waals surface area contributed by atoms with Crippen LogP contribution in [0.1, 0.15) is 81.1 Å². The number of rotatable bonds is 23. The molecule has 18 nitrogen and oxygen atoms in total. The van der Waals surface area contributed by atoms with Crippen molar-refractivity contribution in [3.63, 3.8) is 0 Å². The first-order chi connectivity index (χ1) is 23.2. The fraction of sp³-hybridized carbons (Fsp3) is 0.750. The van der Waals surface area contributed by atoms with E-state index in [1.54, 1.807) is 55.4 Å². The highest BCUT2D eigenvalue weighted by molar-refractivity contribution is 5.97. The zero-order chi connectivity index (χ0) is 38.9. The third kappa shape index (κ3) is 16.4. The molecule has 0 aliphatic rings. The van der Waals surface area contributed by atoms with Crippen LogP contribution < -0.4 is 37.6 Å². The van der Waals surface area contributed by atoms with E-state index in [0.29, 0.717) is 6.42 Å². The van der Waals surface area contributed by atoms with Crippen molar-refractivity contribution in [1.82, 2.24) is 31.9 Å². The summed E-state index contributed by atoms with van der Waals surface area (Å²) in [6, 6.07) is -8.12. The molecule has 0 bridgehead atoms. The minimum absolute atomic E-state index is 0.0512. The molecule has 0 aromatic rings. The third-order valence-electron chi connectivity index (χ3n) is 7.77. The zero-order valence-corrected chi connectivity index (χ0v) is 30.3. The smallest absolute Gasteiger partial charge is 0.326 e. The van der Waals surface area contributed by atoms with Crippen molar-refractivity contribution in [3.8, 4) is 0 Å². The quantitative estimate of drug-likeness (QED) is 0.0526. The van der Waals surface area contributed by atoms with Gasteiger partial charge in [-0.15, -0.1) is 0 Å². The van der Waals surface area contributed by atoms with Gasteiger partial charge in [0.2, 0.25) is 29.5 Å². The maximum Gasteiger partial charge on any atom is 0.326 e. The van der Waals surface area contributed by atoms with E-state index in [1.807, 2.05) is 0 Å². The van der Waals surface area contributed by atoms with E-state index in [0.717, 1.165) is 0 Å². The minimum atomic E-state index is -1.68. The molecular weight excluding hydrogens is 658 g/mol. The Balaban J connectivity index is 6.12. The maximum absolute atomic E-state index is 13.6. The van der Waals surface area contributed by atoms with Gasteiger partial charge in [0.05, 0.1) is 13.0 Å². The number of quaternary nitrogens is 1. The molecule has 6 amide bonds. The molecule has 7 atom stereocenters. The highest BCUT2D eigenvalue weighted by atomic mass is 16.4. The van der Waals surface area contributed by atoms with Crippen LogP contribution in [0.25, 0.3) is 0 Å². The summed E-state index contributed by atoms with van der Waals surface area (Å²) < 4.78 is 0. The van der Waals surface area contributed by atoms with Crippen molar-refractivity contribution in [2.75, 3.05) is 13.2 Å². The molecule has 0 unspecified atom stereocenters. The molecule has 0 fully saturated rings. The fourth-order valence-corrected chi connectivity index (χ4v) is 4.78. The second-order valence-corrected chi connectivity index (χ2v) is 13.5. The largest absolute Gasteiger partial charge is 0.481 e. The minimum Gasteiger partial charge on any atom is -0.481 e. The van der Waals surface area contributed by atoms with Crippen LogP contribution >= 0.6 is 0 Å². The van der Waals surface area contributed by atoms with E-state index < -0.39 is 103 Å². The number of carbonyl (C=O) groups excluding carboxylic acids is 6. The fourth-order valence-electron chi connectivity index (χ4n) is 4.78. The summed E-state index contributed by atoms with van der Waals surface area (Å²) in [4.78, 5) is 101. The standard InChI is InChI=1S/C32H57N7O11/c1-9-18(8)26(31(48)35-20(12-24(42)43)27(44)36-21(32(49)50)11-16(4)5)39-28(45)19(10-15(2)3)34-29(46)22(14-40)37-30(47)25(17(6)7)38-23(41)13-33/h15-22,25-26,40H,9-14,33H2,1-8H3,(H,34,46)(H,35,48)(H,36,44)(H,37,47)(H,38,41)(H,39,45)(H,42,43)(H,49,50)/p+1/t18-,19-,20-,21-,22-,25-,26-/m0/s1. The lowest BCUT2D eigenvalue weighted by atomic mass is 9.96. The van der Waals surface area contributed by atoms with E-state index in [1.165, 1.54) is 0 Å². The predicted molar refractivity (Wildman–Crippen MR) is 180 cm³/mol. The maximum atomic E-state index is 13.6. The van der Waals surface area contributed by atoms with Gasteiger partial charge in [0, 0.05) is 0 Å². The highest BCUT2D eigenvalue weighted by Crippen LogP contribution is 2.13. The van der Waals surface area contributed by atoms with Crippen LogP contribution in [-0.2, 0) is 38.4 Å². The van der Waals surface area contributed by atoms with Crippen LogP contribution in [0, 0.1) is 23.7 Å². The van der Waals surface area contributed by atoms with Gasteiger partial charge in [-0.3, -0.25) is 33.6 Å². The molecule has 12 N–H and O–H groups in total. The van der Waals surface area contributed by atoms with Gasteiger partial charge in [-0.2, -0.15) is 0 Å². The summed E-state index contributed by atoms with van der Waals surface area (Å²) in [5.41, 5.74) is 3.47. The van der Waals surface area contributed by atoms with Crippen molar-refractivity contribution >= 4 is 47.4 Å². The number of aliphatic hydroxyl groups is 1. The molecule has 0 heterocycles. The van der Waals surface area contributed by atoms with E-state index >= 15 is 0 Å². The normalized spacial score (nSPS) is 15.5. The monoisotopic (exact) mass is 716 g/mol. The average Bonchev–Trinajstić information content (AvgIpc) is 3.01. The molecular formula is C32H58N7O11+. The SMILES string of the molecule is CC[C@H](C)[C@H](NC(=O)[C@H](CC(C)C)NC(=O)[C@H](CO)NC(=O)[C@@H](NC(=O)C[NH3+])C(C)C)C(=O)N[C@@H](CC(=O)O)C(=O)N[C@@H](CC(C)C)C(=O)O. The Morgan fingerprint density at radius 3 is 1.46 bits per heavy atom. The molecule has 0 saturated carbocycles. The van der Waals surface area contributed by atoms with Gasteiger partial charge < -0.3 is 53.0 Å². The topological polar surface area (TPSA) is 297 Å². The molecule has 50 heavy (non-hydrogen) atoms. The van der Waals surface area contributed by atoms with Crippen LogP contribution in [0.5, 0.6) is 0 Å². The molecule has 286 valence electrons. The first-order valence-electron chi connectivity index (χ1n) is 16.8. The van der Waals surface area contributed by atoms with Gasteiger partial charge in [-0.05, 0) is 36.5 Å².